The molecular formula is C65H52. The van der Waals surface area contributed by atoms with Crippen LogP contribution >= 0.6 is 0 Å². The van der Waals surface area contributed by atoms with Gasteiger partial charge in [0.1, 0.15) is 0 Å². The molecule has 0 unspecified atom stereocenters. The standard InChI is InChI=1S/C65H52/c1-4-14-45(26-23-44-24-27-47(28-25-44)46-15-6-5-7-16-46)48-29-33-50(34-30-48)53-39-41-59(57-19-10-8-17-55(53)57)60-42-40-54(56-18-9-11-20-58(56)60)51-35-31-49(32-36-51)52-37-38-62-61-21-12-13-22-63(61)65(2,3)64(62)43-52/h5-13,15-22,24-43H,4,14,23H2,1-3H3/b45-26+. The lowest BCUT2D eigenvalue weighted by Crippen LogP contribution is -2.14. The minimum absolute atomic E-state index is 0.0193. The summed E-state index contributed by atoms with van der Waals surface area (Å²) in [6.07, 6.45) is 5.52. The van der Waals surface area contributed by atoms with Gasteiger partial charge in [-0.2, -0.15) is 0 Å². The monoisotopic (exact) mass is 832 g/mol. The summed E-state index contributed by atoms with van der Waals surface area (Å²) < 4.78 is 0. The molecule has 312 valence electrons. The molecule has 0 aromatic heterocycles. The minimum Gasteiger partial charge on any atom is -0.0763 e. The maximum absolute atomic E-state index is 2.43. The summed E-state index contributed by atoms with van der Waals surface area (Å²) in [6.45, 7) is 6.98. The van der Waals surface area contributed by atoms with E-state index in [0.29, 0.717) is 0 Å². The van der Waals surface area contributed by atoms with Crippen molar-refractivity contribution in [2.45, 2.75) is 45.4 Å². The Bertz CT molecular complexity index is 3380. The molecule has 0 heteroatoms. The summed E-state index contributed by atoms with van der Waals surface area (Å²) >= 11 is 0. The lowest BCUT2D eigenvalue weighted by Gasteiger charge is -2.22. The molecule has 0 amide bonds. The first-order valence-electron chi connectivity index (χ1n) is 23.3. The molecule has 0 bridgehead atoms. The van der Waals surface area contributed by atoms with E-state index in [1.54, 1.807) is 0 Å². The molecule has 1 aliphatic carbocycles. The van der Waals surface area contributed by atoms with Crippen molar-refractivity contribution < 1.29 is 0 Å². The second-order valence-electron chi connectivity index (χ2n) is 18.2. The van der Waals surface area contributed by atoms with Gasteiger partial charge in [0, 0.05) is 5.41 Å². The zero-order chi connectivity index (χ0) is 43.9. The molecule has 0 nitrogen and oxygen atoms in total. The summed E-state index contributed by atoms with van der Waals surface area (Å²) in [5.41, 5.74) is 22.1. The third kappa shape index (κ3) is 7.40. The van der Waals surface area contributed by atoms with Crippen LogP contribution in [0.2, 0.25) is 0 Å². The van der Waals surface area contributed by atoms with E-state index in [9.17, 15) is 0 Å². The van der Waals surface area contributed by atoms with Gasteiger partial charge < -0.3 is 0 Å². The average molecular weight is 833 g/mol. The lowest BCUT2D eigenvalue weighted by atomic mass is 9.81. The molecule has 10 aromatic carbocycles. The molecular weight excluding hydrogens is 781 g/mol. The van der Waals surface area contributed by atoms with Crippen LogP contribution in [0.15, 0.2) is 224 Å². The summed E-state index contributed by atoms with van der Waals surface area (Å²) in [5, 5.41) is 5.06. The molecule has 0 saturated carbocycles. The molecule has 11 rings (SSSR count). The van der Waals surface area contributed by atoms with Crippen molar-refractivity contribution in [3.8, 4) is 66.8 Å². The topological polar surface area (TPSA) is 0 Å². The predicted octanol–water partition coefficient (Wildman–Crippen LogP) is 18.1. The summed E-state index contributed by atoms with van der Waals surface area (Å²) in [7, 11) is 0. The Balaban J connectivity index is 0.872. The number of benzene rings is 10. The van der Waals surface area contributed by atoms with Gasteiger partial charge in [-0.15, -0.1) is 0 Å². The van der Waals surface area contributed by atoms with Crippen molar-refractivity contribution in [2.24, 2.45) is 0 Å². The molecule has 0 heterocycles. The largest absolute Gasteiger partial charge is 0.0763 e. The van der Waals surface area contributed by atoms with Gasteiger partial charge in [0.15, 0.2) is 0 Å². The van der Waals surface area contributed by atoms with Crippen LogP contribution in [0.3, 0.4) is 0 Å². The van der Waals surface area contributed by atoms with E-state index in [4.69, 9.17) is 0 Å². The zero-order valence-electron chi connectivity index (χ0n) is 37.5. The second-order valence-corrected chi connectivity index (χ2v) is 18.2. The highest BCUT2D eigenvalue weighted by Gasteiger charge is 2.35. The molecule has 0 atom stereocenters. The molecule has 0 N–H and O–H groups in total. The molecule has 0 saturated heterocycles. The van der Waals surface area contributed by atoms with Gasteiger partial charge in [-0.25, -0.2) is 0 Å². The van der Waals surface area contributed by atoms with Gasteiger partial charge in [-0.3, -0.25) is 0 Å². The van der Waals surface area contributed by atoms with Gasteiger partial charge in [0.2, 0.25) is 0 Å². The number of fused-ring (bicyclic) bond motifs is 5. The van der Waals surface area contributed by atoms with Crippen molar-refractivity contribution in [3.63, 3.8) is 0 Å². The predicted molar refractivity (Wildman–Crippen MR) is 279 cm³/mol. The molecule has 0 fully saturated rings. The lowest BCUT2D eigenvalue weighted by molar-refractivity contribution is 0.660. The second kappa shape index (κ2) is 16.9. The minimum atomic E-state index is -0.0193. The van der Waals surface area contributed by atoms with Gasteiger partial charge >= 0.3 is 0 Å². The van der Waals surface area contributed by atoms with Gasteiger partial charge in [0.05, 0.1) is 0 Å². The van der Waals surface area contributed by atoms with Crippen LogP contribution in [-0.4, -0.2) is 0 Å². The van der Waals surface area contributed by atoms with Gasteiger partial charge in [0.25, 0.3) is 0 Å². The maximum atomic E-state index is 2.43. The van der Waals surface area contributed by atoms with Crippen LogP contribution < -0.4 is 0 Å². The summed E-state index contributed by atoms with van der Waals surface area (Å²) in [4.78, 5) is 0. The smallest absolute Gasteiger partial charge is 0.0159 e. The first-order valence-corrected chi connectivity index (χ1v) is 23.3. The van der Waals surface area contributed by atoms with Crippen molar-refractivity contribution in [1.82, 2.24) is 0 Å². The van der Waals surface area contributed by atoms with E-state index in [1.165, 1.54) is 116 Å². The van der Waals surface area contributed by atoms with Crippen molar-refractivity contribution in [1.29, 1.82) is 0 Å². The Morgan fingerprint density at radius 1 is 0.369 bits per heavy atom. The Kier molecular flexibility index (Phi) is 10.4. The highest BCUT2D eigenvalue weighted by atomic mass is 14.4. The highest BCUT2D eigenvalue weighted by Crippen LogP contribution is 2.50. The van der Waals surface area contributed by atoms with Crippen LogP contribution in [0.1, 0.15) is 55.9 Å². The zero-order valence-corrected chi connectivity index (χ0v) is 37.5. The number of hydrogen-bond acceptors (Lipinski definition) is 0. The maximum Gasteiger partial charge on any atom is 0.0159 e. The molecule has 1 aliphatic rings. The number of hydrogen-bond donors (Lipinski definition) is 0. The van der Waals surface area contributed by atoms with E-state index < -0.39 is 0 Å². The number of allylic oxidation sites excluding steroid dienone is 2. The van der Waals surface area contributed by atoms with E-state index in [2.05, 4.69) is 245 Å². The summed E-state index contributed by atoms with van der Waals surface area (Å²) in [5.74, 6) is 0. The van der Waals surface area contributed by atoms with E-state index in [1.807, 2.05) is 0 Å². The molecule has 10 aromatic rings. The fourth-order valence-electron chi connectivity index (χ4n) is 10.5. The van der Waals surface area contributed by atoms with E-state index in [0.717, 1.165) is 19.3 Å². The Hall–Kier alpha value is -7.54. The van der Waals surface area contributed by atoms with Crippen LogP contribution in [0.25, 0.3) is 93.9 Å². The molecule has 0 aliphatic heterocycles. The SMILES string of the molecule is CCC/C(=C\Cc1ccc(-c2ccccc2)cc1)c1ccc(-c2ccc(-c3ccc(-c4ccc(-c5ccc6c(c5)C(C)(C)c5ccccc5-6)cc4)c4ccccc34)c3ccccc23)cc1. The van der Waals surface area contributed by atoms with Crippen molar-refractivity contribution >= 4 is 27.1 Å². The Morgan fingerprint density at radius 2 is 0.800 bits per heavy atom. The van der Waals surface area contributed by atoms with Crippen molar-refractivity contribution in [2.75, 3.05) is 0 Å². The average Bonchev–Trinajstić information content (AvgIpc) is 3.60. The van der Waals surface area contributed by atoms with E-state index in [-0.39, 0.29) is 5.41 Å². The Morgan fingerprint density at radius 3 is 1.42 bits per heavy atom. The van der Waals surface area contributed by atoms with Crippen LogP contribution in [-0.2, 0) is 11.8 Å². The third-order valence-corrected chi connectivity index (χ3v) is 14.0. The fraction of sp³-hybridized carbons (Fsp3) is 0.108. The fourth-order valence-corrected chi connectivity index (χ4v) is 10.5. The molecule has 0 radical (unpaired) electrons. The normalized spacial score (nSPS) is 12.9. The molecule has 65 heavy (non-hydrogen) atoms. The van der Waals surface area contributed by atoms with Crippen molar-refractivity contribution in [3.05, 3.63) is 247 Å². The van der Waals surface area contributed by atoms with E-state index >= 15 is 0 Å². The quantitative estimate of drug-likeness (QED) is 0.129. The van der Waals surface area contributed by atoms with Crippen LogP contribution in [0, 0.1) is 0 Å². The molecule has 0 spiro atoms. The third-order valence-electron chi connectivity index (χ3n) is 14.0. The Labute approximate surface area is 384 Å². The van der Waals surface area contributed by atoms with Gasteiger partial charge in [-0.05, 0) is 135 Å². The van der Waals surface area contributed by atoms with Gasteiger partial charge in [-0.1, -0.05) is 246 Å². The summed E-state index contributed by atoms with van der Waals surface area (Å²) in [6, 6.07) is 81.1. The first-order chi connectivity index (χ1) is 31.9. The first kappa shape index (κ1) is 40.2. The number of rotatable bonds is 10. The van der Waals surface area contributed by atoms with Crippen LogP contribution in [0.4, 0.5) is 0 Å². The van der Waals surface area contributed by atoms with Crippen LogP contribution in [0.5, 0.6) is 0 Å². The highest BCUT2D eigenvalue weighted by molar-refractivity contribution is 6.12.